The molecule has 5 amide bonds. The van der Waals surface area contributed by atoms with Gasteiger partial charge in [0.2, 0.25) is 29.5 Å². The average molecular weight is 667 g/mol. The molecule has 1 aromatic heterocycles. The molecule has 1 aliphatic heterocycles. The summed E-state index contributed by atoms with van der Waals surface area (Å²) >= 11 is 0. The number of aromatic amines is 1. The van der Waals surface area contributed by atoms with Gasteiger partial charge in [-0.2, -0.15) is 0 Å². The third-order valence-corrected chi connectivity index (χ3v) is 7.53. The first-order chi connectivity index (χ1) is 22.1. The lowest BCUT2D eigenvalue weighted by molar-refractivity contribution is -0.143. The highest BCUT2D eigenvalue weighted by Crippen LogP contribution is 2.11. The number of carboxylic acid groups (broad SMARTS) is 1. The number of imidazole rings is 1. The van der Waals surface area contributed by atoms with Crippen LogP contribution in [0, 0.1) is 11.8 Å². The number of aliphatic hydroxyl groups excluding tert-OH is 2. The normalized spacial score (nSPS) is 18.4. The number of aromatic nitrogens is 2. The van der Waals surface area contributed by atoms with Crippen molar-refractivity contribution in [3.8, 4) is 0 Å². The Morgan fingerprint density at radius 1 is 0.830 bits per heavy atom. The van der Waals surface area contributed by atoms with Gasteiger partial charge in [-0.3, -0.25) is 24.0 Å². The minimum absolute atomic E-state index is 0.0126. The van der Waals surface area contributed by atoms with Gasteiger partial charge in [0.1, 0.15) is 30.2 Å². The van der Waals surface area contributed by atoms with Crippen LogP contribution in [0.3, 0.4) is 0 Å². The van der Waals surface area contributed by atoms with Crippen molar-refractivity contribution >= 4 is 35.5 Å². The molecule has 0 radical (unpaired) electrons. The molecular weight excluding hydrogens is 616 g/mol. The molecule has 2 rings (SSSR count). The molecule has 1 aromatic rings. The summed E-state index contributed by atoms with van der Waals surface area (Å²) in [5.41, 5.74) is 0.467. The molecule has 1 aliphatic rings. The Hall–Kier alpha value is -4.09. The minimum atomic E-state index is -1.64. The third-order valence-electron chi connectivity index (χ3n) is 7.53. The maximum absolute atomic E-state index is 13.6. The van der Waals surface area contributed by atoms with Crippen LogP contribution in [0.25, 0.3) is 0 Å². The number of amides is 5. The topological polar surface area (TPSA) is 264 Å². The van der Waals surface area contributed by atoms with E-state index in [9.17, 15) is 44.1 Å². The van der Waals surface area contributed by atoms with Gasteiger partial charge in [-0.15, -0.1) is 0 Å². The number of nitrogens with one attached hydrogen (secondary N) is 7. The monoisotopic (exact) mass is 666 g/mol. The number of hydrogen-bond donors (Lipinski definition) is 10. The van der Waals surface area contributed by atoms with Gasteiger partial charge >= 0.3 is 5.97 Å². The van der Waals surface area contributed by atoms with Gasteiger partial charge in [0.25, 0.3) is 0 Å². The van der Waals surface area contributed by atoms with Crippen LogP contribution in [-0.4, -0.2) is 116 Å². The molecule has 1 fully saturated rings. The van der Waals surface area contributed by atoms with Crippen molar-refractivity contribution in [1.29, 1.82) is 0 Å². The zero-order chi connectivity index (χ0) is 35.3. The van der Waals surface area contributed by atoms with Gasteiger partial charge in [-0.1, -0.05) is 27.7 Å². The van der Waals surface area contributed by atoms with E-state index in [1.54, 1.807) is 13.8 Å². The smallest absolute Gasteiger partial charge is 0.326 e. The summed E-state index contributed by atoms with van der Waals surface area (Å²) in [6, 6.07) is -7.20. The number of aliphatic hydroxyl groups is 2. The molecule has 10 N–H and O–H groups in total. The van der Waals surface area contributed by atoms with E-state index in [2.05, 4.69) is 41.9 Å². The van der Waals surface area contributed by atoms with Crippen LogP contribution in [-0.2, 0) is 35.2 Å². The van der Waals surface area contributed by atoms with E-state index in [1.807, 2.05) is 13.8 Å². The summed E-state index contributed by atoms with van der Waals surface area (Å²) in [5.74, 6) is -5.20. The zero-order valence-corrected chi connectivity index (χ0v) is 27.5. The number of H-pyrrole nitrogens is 1. The van der Waals surface area contributed by atoms with E-state index in [0.29, 0.717) is 18.7 Å². The second-order valence-electron chi connectivity index (χ2n) is 12.7. The Bertz CT molecular complexity index is 1200. The van der Waals surface area contributed by atoms with Crippen molar-refractivity contribution in [2.24, 2.45) is 11.8 Å². The van der Waals surface area contributed by atoms with Crippen LogP contribution >= 0.6 is 0 Å². The molecular formula is C30H50N8O9. The second kappa shape index (κ2) is 18.9. The first-order valence-electron chi connectivity index (χ1n) is 15.9. The second-order valence-corrected chi connectivity index (χ2v) is 12.7. The molecule has 1 saturated heterocycles. The van der Waals surface area contributed by atoms with Crippen LogP contribution in [0.5, 0.6) is 0 Å². The molecule has 264 valence electrons. The van der Waals surface area contributed by atoms with Crippen molar-refractivity contribution in [2.45, 2.75) is 109 Å². The SMILES string of the molecule is CC(C)C[C@H](NC(=O)[C@H](CO)NC(=O)[C@@H](NC(=O)[C@H](Cc1cnc[nH]1)NC(=O)[C@H](CC(C)C)NC(=O)[C@@H]1CCCN1)[C@@H](C)O)C(=O)O. The number of nitrogens with zero attached hydrogens (tertiary/aromatic N) is 1. The maximum atomic E-state index is 13.6. The molecule has 2 heterocycles. The molecule has 0 aromatic carbocycles. The first-order valence-corrected chi connectivity index (χ1v) is 15.9. The Morgan fingerprint density at radius 2 is 1.40 bits per heavy atom. The molecule has 17 nitrogen and oxygen atoms in total. The van der Waals surface area contributed by atoms with E-state index in [-0.39, 0.29) is 37.0 Å². The Labute approximate surface area is 273 Å². The number of carbonyl (C=O) groups is 6. The van der Waals surface area contributed by atoms with E-state index >= 15 is 0 Å². The van der Waals surface area contributed by atoms with Gasteiger partial charge in [0.15, 0.2) is 0 Å². The first kappa shape index (κ1) is 39.1. The van der Waals surface area contributed by atoms with E-state index < -0.39 is 78.6 Å². The standard InChI is InChI=1S/C30H50N8O9/c1-15(2)9-20(34-25(41)19-7-6-8-32-19)26(42)35-21(11-18-12-31-14-33-18)27(43)38-24(17(5)40)29(45)37-23(13-39)28(44)36-22(30(46)47)10-16(3)4/h12,14-17,19-24,32,39-40H,6-11,13H2,1-5H3,(H,31,33)(H,34,41)(H,35,42)(H,36,44)(H,37,45)(H,38,43)(H,46,47)/t17-,19+,20+,21+,22+,23+,24+/m1/s1. The number of hydrogen-bond acceptors (Lipinski definition) is 10. The number of carboxylic acids is 1. The summed E-state index contributed by atoms with van der Waals surface area (Å²) in [7, 11) is 0. The fourth-order valence-electron chi connectivity index (χ4n) is 5.06. The Morgan fingerprint density at radius 3 is 1.91 bits per heavy atom. The predicted molar refractivity (Wildman–Crippen MR) is 168 cm³/mol. The summed E-state index contributed by atoms with van der Waals surface area (Å²) in [4.78, 5) is 84.2. The lowest BCUT2D eigenvalue weighted by atomic mass is 10.0. The van der Waals surface area contributed by atoms with E-state index in [1.165, 1.54) is 19.4 Å². The largest absolute Gasteiger partial charge is 0.480 e. The van der Waals surface area contributed by atoms with E-state index in [0.717, 1.165) is 6.42 Å². The number of carbonyl (C=O) groups excluding carboxylic acids is 5. The molecule has 7 atom stereocenters. The molecule has 0 unspecified atom stereocenters. The van der Waals surface area contributed by atoms with Crippen LogP contribution in [0.15, 0.2) is 12.5 Å². The van der Waals surface area contributed by atoms with E-state index in [4.69, 9.17) is 0 Å². The Kier molecular flexibility index (Phi) is 15.7. The fraction of sp³-hybridized carbons (Fsp3) is 0.700. The van der Waals surface area contributed by atoms with Crippen molar-refractivity contribution in [1.82, 2.24) is 41.9 Å². The predicted octanol–water partition coefficient (Wildman–Crippen LogP) is -2.32. The number of rotatable bonds is 19. The summed E-state index contributed by atoms with van der Waals surface area (Å²) in [6.45, 7) is 8.30. The van der Waals surface area contributed by atoms with Gasteiger partial charge < -0.3 is 52.2 Å². The average Bonchev–Trinajstić information content (AvgIpc) is 3.71. The third kappa shape index (κ3) is 12.9. The van der Waals surface area contributed by atoms with Gasteiger partial charge in [-0.05, 0) is 51.0 Å². The highest BCUT2D eigenvalue weighted by atomic mass is 16.4. The number of aliphatic carboxylic acids is 1. The highest BCUT2D eigenvalue weighted by molar-refractivity contribution is 5.96. The van der Waals surface area contributed by atoms with Crippen molar-refractivity contribution < 1.29 is 44.1 Å². The van der Waals surface area contributed by atoms with Gasteiger partial charge in [0, 0.05) is 18.3 Å². The lowest BCUT2D eigenvalue weighted by Gasteiger charge is -2.28. The molecule has 47 heavy (non-hydrogen) atoms. The lowest BCUT2D eigenvalue weighted by Crippen LogP contribution is -2.62. The quantitative estimate of drug-likeness (QED) is 0.0749. The highest BCUT2D eigenvalue weighted by Gasteiger charge is 2.35. The van der Waals surface area contributed by atoms with Crippen LogP contribution in [0.1, 0.15) is 66.0 Å². The molecule has 0 bridgehead atoms. The zero-order valence-electron chi connectivity index (χ0n) is 27.5. The molecule has 17 heteroatoms. The molecule has 0 spiro atoms. The summed E-state index contributed by atoms with van der Waals surface area (Å²) in [5, 5.41) is 45.1. The molecule has 0 saturated carbocycles. The minimum Gasteiger partial charge on any atom is -0.480 e. The molecule has 0 aliphatic carbocycles. The van der Waals surface area contributed by atoms with Crippen LogP contribution in [0.4, 0.5) is 0 Å². The Balaban J connectivity index is 2.20. The summed E-state index contributed by atoms with van der Waals surface area (Å²) in [6.07, 6.45) is 3.08. The summed E-state index contributed by atoms with van der Waals surface area (Å²) < 4.78 is 0. The van der Waals surface area contributed by atoms with Gasteiger partial charge in [0.05, 0.1) is 25.1 Å². The van der Waals surface area contributed by atoms with Crippen molar-refractivity contribution in [3.63, 3.8) is 0 Å². The van der Waals surface area contributed by atoms with Gasteiger partial charge in [-0.25, -0.2) is 9.78 Å². The maximum Gasteiger partial charge on any atom is 0.326 e. The van der Waals surface area contributed by atoms with Crippen molar-refractivity contribution in [2.75, 3.05) is 13.2 Å². The van der Waals surface area contributed by atoms with Crippen molar-refractivity contribution in [3.05, 3.63) is 18.2 Å². The van der Waals surface area contributed by atoms with Crippen LogP contribution in [0.2, 0.25) is 0 Å². The van der Waals surface area contributed by atoms with Crippen LogP contribution < -0.4 is 31.9 Å². The fourth-order valence-corrected chi connectivity index (χ4v) is 5.06.